The number of nitrogens with zero attached hydrogens (tertiary/aromatic N) is 4. The van der Waals surface area contributed by atoms with E-state index < -0.39 is 5.41 Å². The van der Waals surface area contributed by atoms with Crippen molar-refractivity contribution in [3.8, 4) is 68.0 Å². The van der Waals surface area contributed by atoms with Gasteiger partial charge in [0, 0.05) is 49.4 Å². The molecule has 0 saturated heterocycles. The van der Waals surface area contributed by atoms with Gasteiger partial charge >= 0.3 is 0 Å². The van der Waals surface area contributed by atoms with Crippen LogP contribution in [-0.4, -0.2) is 19.9 Å². The number of benzene rings is 9. The predicted molar refractivity (Wildman–Crippen MR) is 259 cm³/mol. The summed E-state index contributed by atoms with van der Waals surface area (Å²) in [6.45, 7) is 0. The van der Waals surface area contributed by atoms with Crippen LogP contribution in [0.3, 0.4) is 0 Å². The molecule has 0 saturated carbocycles. The Bertz CT molecular complexity index is 3900. The minimum Gasteiger partial charge on any atom is -0.457 e. The summed E-state index contributed by atoms with van der Waals surface area (Å²) >= 11 is 0. The molecule has 0 radical (unpaired) electrons. The fourth-order valence-corrected chi connectivity index (χ4v) is 10.6. The van der Waals surface area contributed by atoms with E-state index in [1.54, 1.807) is 0 Å². The zero-order valence-electron chi connectivity index (χ0n) is 34.7. The third-order valence-electron chi connectivity index (χ3n) is 13.4. The average molecular weight is 831 g/mol. The Morgan fingerprint density at radius 1 is 0.338 bits per heavy atom. The Balaban J connectivity index is 0.993. The van der Waals surface area contributed by atoms with Gasteiger partial charge in [0.25, 0.3) is 0 Å². The molecule has 0 atom stereocenters. The summed E-state index contributed by atoms with van der Waals surface area (Å²) in [5.41, 5.74) is 13.4. The summed E-state index contributed by atoms with van der Waals surface area (Å²) in [5.74, 6) is 3.32. The van der Waals surface area contributed by atoms with Crippen LogP contribution in [0.2, 0.25) is 0 Å². The van der Waals surface area contributed by atoms with Crippen molar-refractivity contribution in [3.05, 3.63) is 229 Å². The number of pyridine rings is 1. The number of ether oxygens (including phenoxy) is 1. The van der Waals surface area contributed by atoms with E-state index in [2.05, 4.69) is 146 Å². The van der Waals surface area contributed by atoms with Gasteiger partial charge in [0.05, 0.1) is 22.2 Å². The Kier molecular flexibility index (Phi) is 7.51. The molecule has 6 heteroatoms. The van der Waals surface area contributed by atoms with E-state index in [4.69, 9.17) is 29.1 Å². The van der Waals surface area contributed by atoms with E-state index in [1.165, 1.54) is 22.3 Å². The van der Waals surface area contributed by atoms with Gasteiger partial charge in [0.1, 0.15) is 22.7 Å². The highest BCUT2D eigenvalue weighted by atomic mass is 16.5. The average Bonchev–Trinajstić information content (AvgIpc) is 3.90. The molecule has 6 nitrogen and oxygen atoms in total. The lowest BCUT2D eigenvalue weighted by Gasteiger charge is -2.39. The summed E-state index contributed by atoms with van der Waals surface area (Å²) in [7, 11) is 0. The highest BCUT2D eigenvalue weighted by Crippen LogP contribution is 2.62. The maximum absolute atomic E-state index is 7.00. The Morgan fingerprint density at radius 3 is 1.77 bits per heavy atom. The molecule has 302 valence electrons. The minimum atomic E-state index is -0.588. The van der Waals surface area contributed by atoms with Gasteiger partial charge in [-0.1, -0.05) is 164 Å². The van der Waals surface area contributed by atoms with Crippen LogP contribution in [0.5, 0.6) is 11.5 Å². The highest BCUT2D eigenvalue weighted by Gasteiger charge is 2.51. The third-order valence-corrected chi connectivity index (χ3v) is 13.4. The van der Waals surface area contributed by atoms with E-state index in [-0.39, 0.29) is 0 Å². The normalized spacial score (nSPS) is 13.2. The van der Waals surface area contributed by atoms with E-state index in [0.29, 0.717) is 17.5 Å². The Labute approximate surface area is 373 Å². The third kappa shape index (κ3) is 5.16. The molecule has 12 aromatic rings. The number of hydrogen-bond acceptors (Lipinski definition) is 6. The molecule has 1 aliphatic heterocycles. The van der Waals surface area contributed by atoms with Crippen LogP contribution < -0.4 is 4.74 Å². The smallest absolute Gasteiger partial charge is 0.167 e. The topological polar surface area (TPSA) is 73.9 Å². The van der Waals surface area contributed by atoms with Crippen LogP contribution in [-0.2, 0) is 5.41 Å². The summed E-state index contributed by atoms with van der Waals surface area (Å²) in [5, 5.41) is 5.24. The number of rotatable bonds is 4. The van der Waals surface area contributed by atoms with Gasteiger partial charge in [-0.05, 0) is 70.1 Å². The first-order chi connectivity index (χ1) is 32.2. The second-order valence-electron chi connectivity index (χ2n) is 16.8. The summed E-state index contributed by atoms with van der Waals surface area (Å²) in [6, 6.07) is 71.9. The second-order valence-corrected chi connectivity index (χ2v) is 16.8. The van der Waals surface area contributed by atoms with Gasteiger partial charge in [-0.2, -0.15) is 0 Å². The number of furan rings is 1. The summed E-state index contributed by atoms with van der Waals surface area (Å²) in [4.78, 5) is 20.8. The predicted octanol–water partition coefficient (Wildman–Crippen LogP) is 14.6. The molecular formula is C59H34N4O2. The van der Waals surface area contributed by atoms with E-state index in [1.807, 2.05) is 60.7 Å². The van der Waals surface area contributed by atoms with Crippen molar-refractivity contribution < 1.29 is 9.15 Å². The quantitative estimate of drug-likeness (QED) is 0.165. The van der Waals surface area contributed by atoms with Crippen molar-refractivity contribution in [2.24, 2.45) is 0 Å². The van der Waals surface area contributed by atoms with Crippen molar-refractivity contribution in [3.63, 3.8) is 0 Å². The van der Waals surface area contributed by atoms with Gasteiger partial charge < -0.3 is 9.15 Å². The van der Waals surface area contributed by atoms with E-state index >= 15 is 0 Å². The first-order valence-electron chi connectivity index (χ1n) is 21.9. The maximum Gasteiger partial charge on any atom is 0.167 e. The molecule has 14 rings (SSSR count). The molecule has 3 aromatic heterocycles. The fraction of sp³-hybridized carbons (Fsp3) is 0.0169. The molecule has 0 N–H and O–H groups in total. The van der Waals surface area contributed by atoms with Crippen molar-refractivity contribution in [1.82, 2.24) is 19.9 Å². The summed E-state index contributed by atoms with van der Waals surface area (Å²) in [6.07, 6.45) is 0. The molecule has 1 spiro atoms. The van der Waals surface area contributed by atoms with Crippen LogP contribution in [0.15, 0.2) is 211 Å². The lowest BCUT2D eigenvalue weighted by molar-refractivity contribution is 0.437. The van der Waals surface area contributed by atoms with Crippen molar-refractivity contribution in [2.45, 2.75) is 5.41 Å². The Hall–Kier alpha value is -8.74. The fourth-order valence-electron chi connectivity index (χ4n) is 10.6. The van der Waals surface area contributed by atoms with Gasteiger partial charge in [-0.3, -0.25) is 0 Å². The molecule has 65 heavy (non-hydrogen) atoms. The first-order valence-corrected chi connectivity index (χ1v) is 21.9. The molecule has 2 aliphatic rings. The first kappa shape index (κ1) is 35.8. The minimum absolute atomic E-state index is 0.534. The second kappa shape index (κ2) is 13.6. The molecule has 0 amide bonds. The number of hydrogen-bond donors (Lipinski definition) is 0. The van der Waals surface area contributed by atoms with Crippen LogP contribution in [0.4, 0.5) is 0 Å². The van der Waals surface area contributed by atoms with Gasteiger partial charge in [0.15, 0.2) is 17.5 Å². The van der Waals surface area contributed by atoms with E-state index in [0.717, 1.165) is 94.2 Å². The lowest BCUT2D eigenvalue weighted by Crippen LogP contribution is -2.32. The lowest BCUT2D eigenvalue weighted by atomic mass is 9.65. The molecule has 4 heterocycles. The molecular weight excluding hydrogens is 797 g/mol. The monoisotopic (exact) mass is 830 g/mol. The number of fused-ring (bicyclic) bond motifs is 15. The zero-order valence-corrected chi connectivity index (χ0v) is 34.7. The van der Waals surface area contributed by atoms with Crippen LogP contribution in [0, 0.1) is 0 Å². The van der Waals surface area contributed by atoms with Gasteiger partial charge in [0.2, 0.25) is 0 Å². The standard InChI is InChI=1S/C59H34N4O2/c1-2-16-35(17-3-1)56-61-57(63-58(62-56)43-25-15-24-42-41-23-7-12-30-51(41)65-55(42)43)37-19-14-18-36(32-37)54-45-34-53-49(33-44(45)40-22-6-11-29-50(40)60-54)59(48-28-10-13-31-52(48)64-53)46-26-8-4-20-38(46)39-21-5-9-27-47(39)59/h1-34H. The zero-order chi connectivity index (χ0) is 42.6. The van der Waals surface area contributed by atoms with Crippen LogP contribution in [0.1, 0.15) is 22.3 Å². The highest BCUT2D eigenvalue weighted by molar-refractivity contribution is 6.13. The van der Waals surface area contributed by atoms with Crippen molar-refractivity contribution >= 4 is 43.6 Å². The van der Waals surface area contributed by atoms with Crippen LogP contribution >= 0.6 is 0 Å². The SMILES string of the molecule is c1ccc(-c2nc(-c3cccc(-c4nc5ccccc5c5cc6c(cc45)Oc4ccccc4C64c5ccccc5-c5ccccc54)c3)nc(-c3cccc4c3oc3ccccc34)n2)cc1. The van der Waals surface area contributed by atoms with E-state index in [9.17, 15) is 0 Å². The van der Waals surface area contributed by atoms with Crippen molar-refractivity contribution in [1.29, 1.82) is 0 Å². The summed E-state index contributed by atoms with van der Waals surface area (Å²) < 4.78 is 13.5. The number of para-hydroxylation sites is 4. The van der Waals surface area contributed by atoms with Gasteiger partial charge in [-0.25, -0.2) is 19.9 Å². The Morgan fingerprint density at radius 2 is 0.938 bits per heavy atom. The molecule has 0 bridgehead atoms. The molecule has 0 unspecified atom stereocenters. The van der Waals surface area contributed by atoms with Crippen molar-refractivity contribution in [2.75, 3.05) is 0 Å². The molecule has 9 aromatic carbocycles. The van der Waals surface area contributed by atoms with Gasteiger partial charge in [-0.15, -0.1) is 0 Å². The number of aromatic nitrogens is 4. The van der Waals surface area contributed by atoms with Crippen LogP contribution in [0.25, 0.3) is 100 Å². The molecule has 1 aliphatic carbocycles. The molecule has 0 fully saturated rings. The maximum atomic E-state index is 7.00. The largest absolute Gasteiger partial charge is 0.457 e.